The predicted octanol–water partition coefficient (Wildman–Crippen LogP) is 5.97. The van der Waals surface area contributed by atoms with Gasteiger partial charge in [-0.1, -0.05) is 42.4 Å². The van der Waals surface area contributed by atoms with Crippen LogP contribution in [0.25, 0.3) is 0 Å². The molecule has 2 aromatic carbocycles. The van der Waals surface area contributed by atoms with E-state index in [-0.39, 0.29) is 0 Å². The van der Waals surface area contributed by atoms with Crippen molar-refractivity contribution in [2.45, 2.75) is 26.9 Å². The molecule has 3 rings (SSSR count). The van der Waals surface area contributed by atoms with Gasteiger partial charge in [0.05, 0.1) is 7.11 Å². The van der Waals surface area contributed by atoms with E-state index in [2.05, 4.69) is 56.1 Å². The first-order valence-electron chi connectivity index (χ1n) is 8.97. The highest BCUT2D eigenvalue weighted by molar-refractivity contribution is 9.10. The van der Waals surface area contributed by atoms with Crippen LogP contribution in [0.15, 0.2) is 77.0 Å². The predicted molar refractivity (Wildman–Crippen MR) is 118 cm³/mol. The Morgan fingerprint density at radius 1 is 1.15 bits per heavy atom. The molecule has 2 aromatic rings. The summed E-state index contributed by atoms with van der Waals surface area (Å²) >= 11 is 3.44. The fraction of sp³-hybridized carbons (Fsp3) is 0.227. The summed E-state index contributed by atoms with van der Waals surface area (Å²) in [6.07, 6.45) is 5.56. The molecular formula is C22H26BrN3O. The normalized spacial score (nSPS) is 13.0. The van der Waals surface area contributed by atoms with E-state index in [0.29, 0.717) is 0 Å². The molecule has 0 fully saturated rings. The highest BCUT2D eigenvalue weighted by Gasteiger charge is 2.16. The first-order chi connectivity index (χ1) is 13.2. The number of nitrogens with one attached hydrogen (secondary N) is 1. The lowest BCUT2D eigenvalue weighted by molar-refractivity contribution is 0.398. The average Bonchev–Trinajstić information content (AvgIpc) is 3.11. The fourth-order valence-electron chi connectivity index (χ4n) is 2.70. The molecule has 142 valence electrons. The lowest BCUT2D eigenvalue weighted by Crippen LogP contribution is -2.12. The molecule has 0 unspecified atom stereocenters. The summed E-state index contributed by atoms with van der Waals surface area (Å²) in [4.78, 5) is 6.55. The van der Waals surface area contributed by atoms with Crippen LogP contribution in [0.2, 0.25) is 0 Å². The van der Waals surface area contributed by atoms with E-state index in [1.165, 1.54) is 17.3 Å². The molecule has 1 aliphatic heterocycles. The molecular weight excluding hydrogens is 402 g/mol. The lowest BCUT2D eigenvalue weighted by Gasteiger charge is -2.12. The van der Waals surface area contributed by atoms with E-state index in [0.717, 1.165) is 34.8 Å². The summed E-state index contributed by atoms with van der Waals surface area (Å²) in [6, 6.07) is 14.2. The van der Waals surface area contributed by atoms with Crippen LogP contribution in [0.1, 0.15) is 25.0 Å². The molecule has 0 saturated carbocycles. The van der Waals surface area contributed by atoms with Gasteiger partial charge in [0.15, 0.2) is 0 Å². The summed E-state index contributed by atoms with van der Waals surface area (Å²) in [7, 11) is 1.69. The quantitative estimate of drug-likeness (QED) is 0.471. The van der Waals surface area contributed by atoms with Gasteiger partial charge >= 0.3 is 0 Å². The number of aliphatic imine (C=N–C) groups is 1. The number of rotatable bonds is 5. The third kappa shape index (κ3) is 6.00. The van der Waals surface area contributed by atoms with Gasteiger partial charge < -0.3 is 15.0 Å². The Hall–Kier alpha value is -2.53. The maximum absolute atomic E-state index is 5.30. The van der Waals surface area contributed by atoms with Crippen molar-refractivity contribution in [2.75, 3.05) is 12.4 Å². The van der Waals surface area contributed by atoms with Crippen molar-refractivity contribution >= 4 is 27.5 Å². The average molecular weight is 428 g/mol. The van der Waals surface area contributed by atoms with E-state index >= 15 is 0 Å². The number of methoxy groups -OCH3 is 1. The van der Waals surface area contributed by atoms with Crippen LogP contribution in [-0.2, 0) is 13.1 Å². The number of hydrogen-bond acceptors (Lipinski definition) is 3. The molecule has 5 heteroatoms. The topological polar surface area (TPSA) is 36.9 Å². The third-order valence-electron chi connectivity index (χ3n) is 3.95. The number of hydrogen-bond donors (Lipinski definition) is 1. The first kappa shape index (κ1) is 20.8. The van der Waals surface area contributed by atoms with Gasteiger partial charge in [-0.25, -0.2) is 4.99 Å². The second-order valence-corrected chi connectivity index (χ2v) is 6.60. The lowest BCUT2D eigenvalue weighted by atomic mass is 10.1. The summed E-state index contributed by atoms with van der Waals surface area (Å²) in [5.41, 5.74) is 3.60. The monoisotopic (exact) mass is 427 g/mol. The summed E-state index contributed by atoms with van der Waals surface area (Å²) in [5.74, 6) is 1.64. The minimum atomic E-state index is 0.742. The number of nitrogens with zero attached hydrogens (tertiary/aromatic N) is 2. The molecule has 1 aliphatic rings. The molecule has 0 aliphatic carbocycles. The Labute approximate surface area is 170 Å². The van der Waals surface area contributed by atoms with Crippen LogP contribution in [0, 0.1) is 0 Å². The number of amidine groups is 1. The van der Waals surface area contributed by atoms with Crippen LogP contribution in [0.5, 0.6) is 5.75 Å². The number of halogens is 1. The van der Waals surface area contributed by atoms with E-state index < -0.39 is 0 Å². The van der Waals surface area contributed by atoms with E-state index in [1.54, 1.807) is 7.11 Å². The van der Waals surface area contributed by atoms with Crippen LogP contribution >= 0.6 is 15.9 Å². The van der Waals surface area contributed by atoms with E-state index in [4.69, 9.17) is 4.74 Å². The molecule has 0 aromatic heterocycles. The molecule has 0 atom stereocenters. The Balaban J connectivity index is 0.00000126. The Morgan fingerprint density at radius 2 is 1.85 bits per heavy atom. The minimum Gasteiger partial charge on any atom is -0.497 e. The second kappa shape index (κ2) is 10.6. The van der Waals surface area contributed by atoms with E-state index in [9.17, 15) is 0 Å². The molecule has 0 saturated heterocycles. The minimum absolute atomic E-state index is 0.742. The van der Waals surface area contributed by atoms with E-state index in [1.807, 2.05) is 50.3 Å². The van der Waals surface area contributed by atoms with Crippen LogP contribution in [0.3, 0.4) is 0 Å². The summed E-state index contributed by atoms with van der Waals surface area (Å²) < 4.78 is 6.34. The van der Waals surface area contributed by atoms with Crippen LogP contribution in [0.4, 0.5) is 5.69 Å². The van der Waals surface area contributed by atoms with Gasteiger partial charge in [0, 0.05) is 35.6 Å². The standard InChI is InChI=1S/C20H20BrN3O.C2H6/c1-3-22-20(23-18-7-5-17(21)6-8-18)10-11-24-13-15-4-9-19(25-2)12-16(15)14-24;1-2/h3-12H,1,13-14H2,2H3,(H,22,23);1-2H3/b11-10-;. The third-order valence-corrected chi connectivity index (χ3v) is 4.48. The Bertz CT molecular complexity index is 813. The maximum Gasteiger partial charge on any atom is 0.131 e. The number of anilines is 1. The molecule has 4 nitrogen and oxygen atoms in total. The van der Waals surface area contributed by atoms with Crippen molar-refractivity contribution in [3.63, 3.8) is 0 Å². The number of benzene rings is 2. The highest BCUT2D eigenvalue weighted by Crippen LogP contribution is 2.26. The molecule has 0 amide bonds. The van der Waals surface area contributed by atoms with Crippen molar-refractivity contribution in [2.24, 2.45) is 4.99 Å². The van der Waals surface area contributed by atoms with Gasteiger partial charge in [0.1, 0.15) is 11.6 Å². The van der Waals surface area contributed by atoms with Gasteiger partial charge in [0.2, 0.25) is 0 Å². The molecule has 0 spiro atoms. The van der Waals surface area contributed by atoms with Crippen molar-refractivity contribution in [1.82, 2.24) is 4.90 Å². The molecule has 27 heavy (non-hydrogen) atoms. The summed E-state index contributed by atoms with van der Waals surface area (Å²) in [6.45, 7) is 9.44. The fourth-order valence-corrected chi connectivity index (χ4v) is 2.97. The Kier molecular flexibility index (Phi) is 8.14. The van der Waals surface area contributed by atoms with Crippen molar-refractivity contribution in [1.29, 1.82) is 0 Å². The first-order valence-corrected chi connectivity index (χ1v) is 9.76. The van der Waals surface area contributed by atoms with Crippen LogP contribution in [-0.4, -0.2) is 17.8 Å². The van der Waals surface area contributed by atoms with Crippen molar-refractivity contribution < 1.29 is 4.74 Å². The van der Waals surface area contributed by atoms with Gasteiger partial charge in [-0.3, -0.25) is 0 Å². The second-order valence-electron chi connectivity index (χ2n) is 5.68. The van der Waals surface area contributed by atoms with Gasteiger partial charge in [0.25, 0.3) is 0 Å². The van der Waals surface area contributed by atoms with Gasteiger partial charge in [-0.05, 0) is 53.6 Å². The van der Waals surface area contributed by atoms with Gasteiger partial charge in [-0.2, -0.15) is 0 Å². The van der Waals surface area contributed by atoms with Crippen LogP contribution < -0.4 is 10.1 Å². The maximum atomic E-state index is 5.30. The zero-order valence-corrected chi connectivity index (χ0v) is 17.7. The largest absolute Gasteiger partial charge is 0.497 e. The molecule has 0 radical (unpaired) electrons. The summed E-state index contributed by atoms with van der Waals surface area (Å²) in [5, 5.41) is 3.29. The van der Waals surface area contributed by atoms with Crippen molar-refractivity contribution in [3.8, 4) is 5.75 Å². The van der Waals surface area contributed by atoms with Crippen molar-refractivity contribution in [3.05, 3.63) is 83.1 Å². The Morgan fingerprint density at radius 3 is 2.52 bits per heavy atom. The SMILES string of the molecule is C=CN=C(/C=C\N1Cc2ccc(OC)cc2C1)Nc1ccc(Br)cc1.CC. The zero-order chi connectivity index (χ0) is 19.6. The molecule has 0 bridgehead atoms. The zero-order valence-electron chi connectivity index (χ0n) is 16.1. The smallest absolute Gasteiger partial charge is 0.131 e. The number of ether oxygens (including phenoxy) is 1. The molecule has 1 heterocycles. The highest BCUT2D eigenvalue weighted by atomic mass is 79.9. The van der Waals surface area contributed by atoms with Gasteiger partial charge in [-0.15, -0.1) is 0 Å². The number of fused-ring (bicyclic) bond motifs is 1. The molecule has 1 N–H and O–H groups in total.